The van der Waals surface area contributed by atoms with Crippen LogP contribution < -0.4 is 10.1 Å². The molecule has 3 aromatic rings. The lowest BCUT2D eigenvalue weighted by atomic mass is 9.90. The molecule has 3 atom stereocenters. The van der Waals surface area contributed by atoms with Crippen molar-refractivity contribution in [3.8, 4) is 5.75 Å². The van der Waals surface area contributed by atoms with Crippen molar-refractivity contribution in [2.45, 2.75) is 37.8 Å². The van der Waals surface area contributed by atoms with Crippen LogP contribution in [0, 0.1) is 5.92 Å². The second-order valence-corrected chi connectivity index (χ2v) is 9.62. The highest BCUT2D eigenvalue weighted by Gasteiger charge is 2.50. The fourth-order valence-electron chi connectivity index (χ4n) is 4.36. The number of hydrogen-bond donors (Lipinski definition) is 1. The number of pyridine rings is 1. The molecule has 1 fully saturated rings. The highest BCUT2D eigenvalue weighted by atomic mass is 16.6. The Balaban J connectivity index is 1.59. The number of aromatic nitrogens is 1. The first kappa shape index (κ1) is 27.0. The molecule has 0 unspecified atom stereocenters. The zero-order valence-corrected chi connectivity index (χ0v) is 21.8. The largest absolute Gasteiger partial charge is 0.497 e. The second kappa shape index (κ2) is 12.0. The number of amides is 1. The molecular weight excluding hydrogens is 484 g/mol. The van der Waals surface area contributed by atoms with Crippen molar-refractivity contribution >= 4 is 17.7 Å². The Morgan fingerprint density at radius 2 is 1.66 bits per heavy atom. The van der Waals surface area contributed by atoms with Gasteiger partial charge < -0.3 is 19.5 Å². The fraction of sp³-hybridized carbons (Fsp3) is 0.333. The van der Waals surface area contributed by atoms with Gasteiger partial charge in [0.25, 0.3) is 0 Å². The quantitative estimate of drug-likeness (QED) is 0.291. The Morgan fingerprint density at radius 1 is 0.974 bits per heavy atom. The molecule has 1 aromatic heterocycles. The summed E-state index contributed by atoms with van der Waals surface area (Å²) in [5.41, 5.74) is 1.92. The lowest BCUT2D eigenvalue weighted by Crippen LogP contribution is -2.49. The molecule has 1 saturated heterocycles. The van der Waals surface area contributed by atoms with Gasteiger partial charge in [-0.05, 0) is 55.2 Å². The van der Waals surface area contributed by atoms with Gasteiger partial charge in [0.2, 0.25) is 5.91 Å². The highest BCUT2D eigenvalue weighted by Crippen LogP contribution is 2.29. The van der Waals surface area contributed by atoms with E-state index < -0.39 is 23.5 Å². The van der Waals surface area contributed by atoms with Crippen LogP contribution in [0.25, 0.3) is 0 Å². The number of esters is 1. The van der Waals surface area contributed by atoms with E-state index in [1.165, 1.54) is 13.3 Å². The molecule has 4 rings (SSSR count). The first-order valence-corrected chi connectivity index (χ1v) is 12.5. The van der Waals surface area contributed by atoms with E-state index in [0.29, 0.717) is 36.5 Å². The molecule has 2 aromatic carbocycles. The molecule has 38 heavy (non-hydrogen) atoms. The predicted octanol–water partition coefficient (Wildman–Crippen LogP) is 3.36. The van der Waals surface area contributed by atoms with Crippen LogP contribution in [0.1, 0.15) is 34.1 Å². The van der Waals surface area contributed by atoms with Crippen LogP contribution in [-0.4, -0.2) is 55.1 Å². The standard InChI is InChI=1S/C30H32N2O6/c1-30(19-38-30)27(33)26(16-20-7-5-4-6-8-20)32-28(34)23(15-21-9-11-25(36-2)12-10-21)18-24-17-22(13-14-31-24)29(35)37-3/h4-14,17,23,26H,15-16,18-19H2,1-3H3,(H,32,34)/t23-,26+,30-/m0/s1. The number of nitrogens with one attached hydrogen (secondary N) is 1. The molecule has 1 amide bonds. The van der Waals surface area contributed by atoms with Crippen molar-refractivity contribution in [1.82, 2.24) is 10.3 Å². The normalized spacial score (nSPS) is 17.7. The summed E-state index contributed by atoms with van der Waals surface area (Å²) in [6, 6.07) is 19.5. The van der Waals surface area contributed by atoms with Gasteiger partial charge >= 0.3 is 5.97 Å². The zero-order valence-electron chi connectivity index (χ0n) is 21.8. The van der Waals surface area contributed by atoms with E-state index in [9.17, 15) is 14.4 Å². The summed E-state index contributed by atoms with van der Waals surface area (Å²) in [6.07, 6.45) is 2.55. The number of ether oxygens (including phenoxy) is 3. The van der Waals surface area contributed by atoms with Gasteiger partial charge in [-0.25, -0.2) is 4.79 Å². The Kier molecular flexibility index (Phi) is 8.53. The number of methoxy groups -OCH3 is 2. The first-order chi connectivity index (χ1) is 18.3. The third-order valence-electron chi connectivity index (χ3n) is 6.72. The number of carbonyl (C=O) groups is 3. The molecule has 0 aliphatic carbocycles. The van der Waals surface area contributed by atoms with E-state index in [1.807, 2.05) is 54.6 Å². The molecule has 0 radical (unpaired) electrons. The van der Waals surface area contributed by atoms with E-state index in [0.717, 1.165) is 11.1 Å². The lowest BCUT2D eigenvalue weighted by molar-refractivity contribution is -0.132. The van der Waals surface area contributed by atoms with Crippen LogP contribution in [0.5, 0.6) is 5.75 Å². The van der Waals surface area contributed by atoms with Crippen molar-refractivity contribution < 1.29 is 28.6 Å². The van der Waals surface area contributed by atoms with Gasteiger partial charge in [-0.3, -0.25) is 14.6 Å². The maximum atomic E-state index is 13.8. The fourth-order valence-corrected chi connectivity index (χ4v) is 4.36. The second-order valence-electron chi connectivity index (χ2n) is 9.62. The molecule has 2 heterocycles. The van der Waals surface area contributed by atoms with Gasteiger partial charge in [0, 0.05) is 24.2 Å². The maximum absolute atomic E-state index is 13.8. The van der Waals surface area contributed by atoms with Gasteiger partial charge in [0.1, 0.15) is 11.4 Å². The molecule has 198 valence electrons. The molecular formula is C30H32N2O6. The number of nitrogens with zero attached hydrogens (tertiary/aromatic N) is 1. The van der Waals surface area contributed by atoms with E-state index in [4.69, 9.17) is 14.2 Å². The summed E-state index contributed by atoms with van der Waals surface area (Å²) < 4.78 is 15.5. The molecule has 0 bridgehead atoms. The van der Waals surface area contributed by atoms with Gasteiger partial charge in [0.15, 0.2) is 5.78 Å². The zero-order chi connectivity index (χ0) is 27.1. The third kappa shape index (κ3) is 6.83. The molecule has 0 saturated carbocycles. The number of benzene rings is 2. The van der Waals surface area contributed by atoms with Crippen LogP contribution in [0.3, 0.4) is 0 Å². The number of rotatable bonds is 12. The van der Waals surface area contributed by atoms with Crippen molar-refractivity contribution in [3.63, 3.8) is 0 Å². The van der Waals surface area contributed by atoms with Crippen LogP contribution in [0.4, 0.5) is 0 Å². The van der Waals surface area contributed by atoms with Crippen molar-refractivity contribution in [3.05, 3.63) is 95.3 Å². The summed E-state index contributed by atoms with van der Waals surface area (Å²) in [4.78, 5) is 43.5. The average molecular weight is 517 g/mol. The number of hydrogen-bond acceptors (Lipinski definition) is 7. The van der Waals surface area contributed by atoms with Gasteiger partial charge in [-0.15, -0.1) is 0 Å². The minimum absolute atomic E-state index is 0.149. The number of ketones is 1. The number of epoxide rings is 1. The summed E-state index contributed by atoms with van der Waals surface area (Å²) in [6.45, 7) is 2.09. The predicted molar refractivity (Wildman–Crippen MR) is 141 cm³/mol. The van der Waals surface area contributed by atoms with Crippen LogP contribution in [0.15, 0.2) is 72.9 Å². The molecule has 0 spiro atoms. The summed E-state index contributed by atoms with van der Waals surface area (Å²) in [5.74, 6) is -0.736. The molecule has 8 nitrogen and oxygen atoms in total. The molecule has 8 heteroatoms. The minimum Gasteiger partial charge on any atom is -0.497 e. The van der Waals surface area contributed by atoms with Crippen LogP contribution in [0.2, 0.25) is 0 Å². The monoisotopic (exact) mass is 516 g/mol. The van der Waals surface area contributed by atoms with E-state index >= 15 is 0 Å². The van der Waals surface area contributed by atoms with Crippen LogP contribution in [-0.2, 0) is 38.3 Å². The number of Topliss-reactive ketones (excluding diaryl/α,β-unsaturated/α-hetero) is 1. The summed E-state index contributed by atoms with van der Waals surface area (Å²) >= 11 is 0. The first-order valence-electron chi connectivity index (χ1n) is 12.5. The van der Waals surface area contributed by atoms with E-state index in [2.05, 4.69) is 10.3 Å². The van der Waals surface area contributed by atoms with Crippen LogP contribution >= 0.6 is 0 Å². The Hall–Kier alpha value is -4.04. The van der Waals surface area contributed by atoms with E-state index in [1.54, 1.807) is 26.2 Å². The SMILES string of the molecule is COC(=O)c1ccnc(C[C@H](Cc2ccc(OC)cc2)C(=O)N[C@H](Cc2ccccc2)C(=O)[C@]2(C)CO2)c1. The van der Waals surface area contributed by atoms with Gasteiger partial charge in [-0.2, -0.15) is 0 Å². The lowest BCUT2D eigenvalue weighted by Gasteiger charge is -2.24. The summed E-state index contributed by atoms with van der Waals surface area (Å²) in [7, 11) is 2.91. The Labute approximate surface area is 222 Å². The highest BCUT2D eigenvalue weighted by molar-refractivity contribution is 5.97. The van der Waals surface area contributed by atoms with Crippen molar-refractivity contribution in [2.24, 2.45) is 5.92 Å². The molecule has 1 aliphatic rings. The molecule has 1 N–H and O–H groups in total. The van der Waals surface area contributed by atoms with Crippen molar-refractivity contribution in [2.75, 3.05) is 20.8 Å². The van der Waals surface area contributed by atoms with Gasteiger partial charge in [-0.1, -0.05) is 42.5 Å². The number of carbonyl (C=O) groups excluding carboxylic acids is 3. The third-order valence-corrected chi connectivity index (χ3v) is 6.72. The Bertz CT molecular complexity index is 1270. The smallest absolute Gasteiger partial charge is 0.337 e. The van der Waals surface area contributed by atoms with Crippen molar-refractivity contribution in [1.29, 1.82) is 0 Å². The average Bonchev–Trinajstić information content (AvgIpc) is 3.70. The minimum atomic E-state index is -0.880. The van der Waals surface area contributed by atoms with Gasteiger partial charge in [0.05, 0.1) is 32.4 Å². The van der Waals surface area contributed by atoms with E-state index in [-0.39, 0.29) is 18.1 Å². The molecule has 1 aliphatic heterocycles. The topological polar surface area (TPSA) is 107 Å². The maximum Gasteiger partial charge on any atom is 0.337 e. The summed E-state index contributed by atoms with van der Waals surface area (Å²) in [5, 5.41) is 3.01. The Morgan fingerprint density at radius 3 is 2.29 bits per heavy atom.